The maximum absolute atomic E-state index is 9.96. The van der Waals surface area contributed by atoms with E-state index in [1.165, 1.54) is 5.56 Å². The van der Waals surface area contributed by atoms with Gasteiger partial charge in [0.1, 0.15) is 6.10 Å². The van der Waals surface area contributed by atoms with Gasteiger partial charge in [-0.2, -0.15) is 5.06 Å². The largest absolute Gasteiger partial charge is 0.387 e. The van der Waals surface area contributed by atoms with Gasteiger partial charge in [0.2, 0.25) is 0 Å². The van der Waals surface area contributed by atoms with Gasteiger partial charge in [0.05, 0.1) is 18.8 Å². The molecule has 0 spiro atoms. The quantitative estimate of drug-likeness (QED) is 0.825. The molecule has 20 heavy (non-hydrogen) atoms. The lowest BCUT2D eigenvalue weighted by Gasteiger charge is -2.26. The Balaban J connectivity index is 1.53. The van der Waals surface area contributed by atoms with Gasteiger partial charge in [-0.05, 0) is 12.0 Å². The van der Waals surface area contributed by atoms with E-state index in [9.17, 15) is 10.2 Å². The molecule has 3 fully saturated rings. The van der Waals surface area contributed by atoms with Crippen LogP contribution in [0.1, 0.15) is 12.0 Å². The predicted molar refractivity (Wildman–Crippen MR) is 70.2 cm³/mol. The minimum Gasteiger partial charge on any atom is -0.387 e. The lowest BCUT2D eigenvalue weighted by molar-refractivity contribution is -0.183. The first-order valence-corrected chi connectivity index (χ1v) is 7.19. The van der Waals surface area contributed by atoms with Crippen molar-refractivity contribution in [3.63, 3.8) is 0 Å². The van der Waals surface area contributed by atoms with E-state index in [0.29, 0.717) is 19.1 Å². The Hall–Kier alpha value is -0.980. The van der Waals surface area contributed by atoms with Crippen molar-refractivity contribution in [3.8, 4) is 0 Å². The summed E-state index contributed by atoms with van der Waals surface area (Å²) in [5, 5.41) is 21.6. The fraction of sp³-hybridized carbons (Fsp3) is 0.600. The van der Waals surface area contributed by atoms with Gasteiger partial charge in [0.25, 0.3) is 0 Å². The van der Waals surface area contributed by atoms with Crippen LogP contribution in [-0.2, 0) is 16.1 Å². The Morgan fingerprint density at radius 2 is 2.00 bits per heavy atom. The molecule has 2 aliphatic heterocycles. The van der Waals surface area contributed by atoms with E-state index in [1.807, 2.05) is 23.3 Å². The van der Waals surface area contributed by atoms with Crippen LogP contribution in [0, 0.1) is 11.8 Å². The fourth-order valence-electron chi connectivity index (χ4n) is 3.87. The molecule has 2 unspecified atom stereocenters. The maximum Gasteiger partial charge on any atom is 0.181 e. The van der Waals surface area contributed by atoms with Gasteiger partial charge in [-0.25, -0.2) is 0 Å². The second-order valence-electron chi connectivity index (χ2n) is 5.99. The zero-order valence-corrected chi connectivity index (χ0v) is 11.1. The van der Waals surface area contributed by atoms with Crippen molar-refractivity contribution in [1.82, 2.24) is 5.06 Å². The van der Waals surface area contributed by atoms with Crippen LogP contribution in [0.5, 0.6) is 0 Å². The predicted octanol–water partition coefficient (Wildman–Crippen LogP) is 0.517. The van der Waals surface area contributed by atoms with Gasteiger partial charge < -0.3 is 14.9 Å². The van der Waals surface area contributed by atoms with Gasteiger partial charge >= 0.3 is 0 Å². The summed E-state index contributed by atoms with van der Waals surface area (Å²) in [7, 11) is 0. The maximum atomic E-state index is 9.96. The smallest absolute Gasteiger partial charge is 0.181 e. The molecule has 2 heterocycles. The van der Waals surface area contributed by atoms with Gasteiger partial charge in [0.15, 0.2) is 6.29 Å². The number of rotatable bonds is 2. The zero-order chi connectivity index (χ0) is 13.7. The van der Waals surface area contributed by atoms with Gasteiger partial charge in [0, 0.05) is 18.4 Å². The highest BCUT2D eigenvalue weighted by Gasteiger charge is 2.58. The summed E-state index contributed by atoms with van der Waals surface area (Å²) in [6, 6.07) is 10.3. The summed E-state index contributed by atoms with van der Waals surface area (Å²) in [6.45, 7) is 1.39. The number of benzene rings is 1. The highest BCUT2D eigenvalue weighted by Crippen LogP contribution is 2.47. The average molecular weight is 277 g/mol. The number of aliphatic hydroxyl groups is 2. The summed E-state index contributed by atoms with van der Waals surface area (Å²) in [5.41, 5.74) is 1.19. The van der Waals surface area contributed by atoms with Crippen molar-refractivity contribution in [1.29, 1.82) is 0 Å². The van der Waals surface area contributed by atoms with Crippen molar-refractivity contribution < 1.29 is 19.8 Å². The van der Waals surface area contributed by atoms with Crippen LogP contribution >= 0.6 is 0 Å². The van der Waals surface area contributed by atoms with Crippen LogP contribution < -0.4 is 0 Å². The van der Waals surface area contributed by atoms with E-state index in [2.05, 4.69) is 12.1 Å². The van der Waals surface area contributed by atoms with E-state index in [-0.39, 0.29) is 18.1 Å². The minimum atomic E-state index is -1.05. The minimum absolute atomic E-state index is 0.0298. The number of ether oxygens (including phenoxy) is 1. The molecule has 1 aliphatic carbocycles. The van der Waals surface area contributed by atoms with Crippen LogP contribution in [0.2, 0.25) is 0 Å². The van der Waals surface area contributed by atoms with Crippen molar-refractivity contribution in [2.75, 3.05) is 6.61 Å². The van der Waals surface area contributed by atoms with E-state index in [4.69, 9.17) is 9.57 Å². The average Bonchev–Trinajstić information content (AvgIpc) is 3.07. The summed E-state index contributed by atoms with van der Waals surface area (Å²) >= 11 is 0. The second kappa shape index (κ2) is 4.79. The summed E-state index contributed by atoms with van der Waals surface area (Å²) in [5.74, 6) is 0.415. The van der Waals surface area contributed by atoms with E-state index < -0.39 is 12.4 Å². The molecular formula is C15H19NO4. The Morgan fingerprint density at radius 1 is 1.20 bits per heavy atom. The summed E-state index contributed by atoms with van der Waals surface area (Å²) in [6.07, 6.45) is -1.08. The fourth-order valence-corrected chi connectivity index (χ4v) is 3.87. The number of fused-ring (bicyclic) bond motifs is 3. The number of hydrogen-bond donors (Lipinski definition) is 2. The molecule has 6 atom stereocenters. The highest BCUT2D eigenvalue weighted by molar-refractivity contribution is 5.15. The van der Waals surface area contributed by atoms with E-state index >= 15 is 0 Å². The van der Waals surface area contributed by atoms with Gasteiger partial charge in [-0.1, -0.05) is 30.3 Å². The van der Waals surface area contributed by atoms with Crippen molar-refractivity contribution in [2.24, 2.45) is 11.8 Å². The molecule has 3 aliphatic rings. The third kappa shape index (κ3) is 1.89. The molecule has 5 nitrogen and oxygen atoms in total. The van der Waals surface area contributed by atoms with Crippen LogP contribution in [0.15, 0.2) is 30.3 Å². The SMILES string of the molecule is OC1O[C@@H]2[C@@H]3[C@@H](CON3Cc3ccccc3)C[C@@H]2C1O. The molecule has 2 N–H and O–H groups in total. The number of hydroxylamine groups is 2. The molecule has 0 aromatic heterocycles. The molecule has 0 bridgehead atoms. The Labute approximate surface area is 117 Å². The molecule has 2 saturated heterocycles. The lowest BCUT2D eigenvalue weighted by atomic mass is 10.00. The van der Waals surface area contributed by atoms with Crippen molar-refractivity contribution in [3.05, 3.63) is 35.9 Å². The number of aliphatic hydroxyl groups excluding tert-OH is 2. The molecular weight excluding hydrogens is 258 g/mol. The normalized spacial score (nSPS) is 43.7. The molecule has 1 aromatic rings. The van der Waals surface area contributed by atoms with Gasteiger partial charge in [-0.3, -0.25) is 4.84 Å². The number of nitrogens with zero attached hydrogens (tertiary/aromatic N) is 1. The van der Waals surface area contributed by atoms with Gasteiger partial charge in [-0.15, -0.1) is 0 Å². The topological polar surface area (TPSA) is 62.2 Å². The van der Waals surface area contributed by atoms with Crippen molar-refractivity contribution in [2.45, 2.75) is 37.5 Å². The number of hydrogen-bond acceptors (Lipinski definition) is 5. The van der Waals surface area contributed by atoms with Crippen LogP contribution in [0.25, 0.3) is 0 Å². The molecule has 108 valence electrons. The van der Waals surface area contributed by atoms with Crippen LogP contribution in [0.4, 0.5) is 0 Å². The summed E-state index contributed by atoms with van der Waals surface area (Å²) in [4.78, 5) is 5.79. The van der Waals surface area contributed by atoms with Crippen molar-refractivity contribution >= 4 is 0 Å². The third-order valence-corrected chi connectivity index (χ3v) is 4.81. The molecule has 1 saturated carbocycles. The first-order valence-electron chi connectivity index (χ1n) is 7.19. The summed E-state index contributed by atoms with van der Waals surface area (Å²) < 4.78 is 5.56. The second-order valence-corrected chi connectivity index (χ2v) is 5.99. The van der Waals surface area contributed by atoms with Crippen LogP contribution in [-0.4, -0.2) is 46.4 Å². The highest BCUT2D eigenvalue weighted by atomic mass is 16.7. The third-order valence-electron chi connectivity index (χ3n) is 4.81. The first-order chi connectivity index (χ1) is 9.74. The Kier molecular flexibility index (Phi) is 3.05. The van der Waals surface area contributed by atoms with Crippen LogP contribution in [0.3, 0.4) is 0 Å². The molecule has 5 heteroatoms. The molecule has 0 amide bonds. The zero-order valence-electron chi connectivity index (χ0n) is 11.1. The molecule has 4 rings (SSSR count). The lowest BCUT2D eigenvalue weighted by Crippen LogP contribution is -2.39. The Bertz CT molecular complexity index is 482. The van der Waals surface area contributed by atoms with E-state index in [1.54, 1.807) is 0 Å². The van der Waals surface area contributed by atoms with E-state index in [0.717, 1.165) is 6.42 Å². The monoisotopic (exact) mass is 277 g/mol. The Morgan fingerprint density at radius 3 is 2.80 bits per heavy atom. The molecule has 1 aromatic carbocycles. The standard InChI is InChI=1S/C15H19NO4/c17-13-11-6-10-8-19-16(7-9-4-2-1-3-5-9)12(10)14(11)20-15(13)18/h1-5,10-15,17-18H,6-8H2/t10-,11-,12+,13?,14+,15?/m1/s1. The molecule has 0 radical (unpaired) electrons. The first kappa shape index (κ1) is 12.7.